The fraction of sp³-hybridized carbons (Fsp3) is 0.312. The first-order valence-corrected chi connectivity index (χ1v) is 8.02. The average Bonchev–Trinajstić information content (AvgIpc) is 2.47. The molecule has 0 aliphatic rings. The summed E-state index contributed by atoms with van der Waals surface area (Å²) >= 11 is 1.64. The number of rotatable bonds is 4. The van der Waals surface area contributed by atoms with Crippen LogP contribution in [-0.4, -0.2) is 22.1 Å². The lowest BCUT2D eigenvalue weighted by Crippen LogP contribution is -2.15. The summed E-state index contributed by atoms with van der Waals surface area (Å²) in [6.07, 6.45) is 3.61. The second-order valence-corrected chi connectivity index (χ2v) is 5.95. The van der Waals surface area contributed by atoms with Gasteiger partial charge in [-0.3, -0.25) is 4.79 Å². The number of thioether (sulfide) groups is 1. The number of hydrogen-bond donors (Lipinski definition) is 1. The highest BCUT2D eigenvalue weighted by atomic mass is 32.2. The van der Waals surface area contributed by atoms with Gasteiger partial charge in [0.1, 0.15) is 5.82 Å². The molecule has 0 saturated carbocycles. The molecule has 1 amide bonds. The Morgan fingerprint density at radius 1 is 1.33 bits per heavy atom. The van der Waals surface area contributed by atoms with Crippen LogP contribution in [0.15, 0.2) is 35.4 Å². The maximum atomic E-state index is 12.3. The first-order chi connectivity index (χ1) is 10.0. The van der Waals surface area contributed by atoms with Gasteiger partial charge in [-0.1, -0.05) is 19.9 Å². The highest BCUT2D eigenvalue weighted by Gasteiger charge is 2.13. The van der Waals surface area contributed by atoms with Crippen molar-refractivity contribution in [1.29, 1.82) is 0 Å². The van der Waals surface area contributed by atoms with E-state index in [1.807, 2.05) is 51.3 Å². The summed E-state index contributed by atoms with van der Waals surface area (Å²) in [5.74, 6) is 0.827. The number of carbonyl (C=O) groups is 1. The fourth-order valence-electron chi connectivity index (χ4n) is 1.89. The molecule has 5 heteroatoms. The van der Waals surface area contributed by atoms with Crippen molar-refractivity contribution in [2.24, 2.45) is 0 Å². The fourth-order valence-corrected chi connectivity index (χ4v) is 2.34. The molecule has 1 heterocycles. The van der Waals surface area contributed by atoms with Crippen LogP contribution in [0, 0.1) is 6.92 Å². The van der Waals surface area contributed by atoms with E-state index >= 15 is 0 Å². The molecule has 1 N–H and O–H groups in total. The van der Waals surface area contributed by atoms with Crippen LogP contribution in [0.3, 0.4) is 0 Å². The van der Waals surface area contributed by atoms with Crippen molar-refractivity contribution < 1.29 is 4.79 Å². The van der Waals surface area contributed by atoms with Gasteiger partial charge in [0.2, 0.25) is 0 Å². The van der Waals surface area contributed by atoms with Gasteiger partial charge in [-0.2, -0.15) is 0 Å². The van der Waals surface area contributed by atoms with Gasteiger partial charge in [0.15, 0.2) is 0 Å². The molecule has 1 aromatic heterocycles. The van der Waals surface area contributed by atoms with Crippen LogP contribution < -0.4 is 5.32 Å². The van der Waals surface area contributed by atoms with Crippen molar-refractivity contribution in [3.8, 4) is 0 Å². The lowest BCUT2D eigenvalue weighted by Gasteiger charge is -2.10. The second-order valence-electron chi connectivity index (χ2n) is 5.07. The van der Waals surface area contributed by atoms with Gasteiger partial charge in [-0.05, 0) is 31.4 Å². The molecule has 0 fully saturated rings. The lowest BCUT2D eigenvalue weighted by atomic mass is 10.1. The molecule has 0 saturated heterocycles. The van der Waals surface area contributed by atoms with E-state index in [4.69, 9.17) is 0 Å². The molecule has 4 nitrogen and oxygen atoms in total. The maximum absolute atomic E-state index is 12.3. The average molecular weight is 301 g/mol. The number of carbonyl (C=O) groups excluding carboxylic acids is 1. The first-order valence-electron chi connectivity index (χ1n) is 6.80. The van der Waals surface area contributed by atoms with Crippen LogP contribution in [0.5, 0.6) is 0 Å². The van der Waals surface area contributed by atoms with Gasteiger partial charge in [-0.15, -0.1) is 11.8 Å². The van der Waals surface area contributed by atoms with E-state index in [1.165, 1.54) is 0 Å². The summed E-state index contributed by atoms with van der Waals surface area (Å²) < 4.78 is 0. The van der Waals surface area contributed by atoms with Crippen LogP contribution in [0.1, 0.15) is 41.6 Å². The Kier molecular flexibility index (Phi) is 4.96. The zero-order valence-electron chi connectivity index (χ0n) is 12.7. The Balaban J connectivity index is 2.20. The topological polar surface area (TPSA) is 54.9 Å². The van der Waals surface area contributed by atoms with Crippen molar-refractivity contribution in [2.75, 3.05) is 11.6 Å². The van der Waals surface area contributed by atoms with E-state index in [0.717, 1.165) is 16.4 Å². The van der Waals surface area contributed by atoms with Gasteiger partial charge in [0, 0.05) is 22.7 Å². The molecule has 21 heavy (non-hydrogen) atoms. The quantitative estimate of drug-likeness (QED) is 0.871. The maximum Gasteiger partial charge on any atom is 0.259 e. The van der Waals surface area contributed by atoms with Gasteiger partial charge < -0.3 is 5.32 Å². The third kappa shape index (κ3) is 3.82. The van der Waals surface area contributed by atoms with Crippen LogP contribution in [0.2, 0.25) is 0 Å². The van der Waals surface area contributed by atoms with E-state index < -0.39 is 0 Å². The summed E-state index contributed by atoms with van der Waals surface area (Å²) in [5.41, 5.74) is 1.99. The van der Waals surface area contributed by atoms with E-state index in [0.29, 0.717) is 11.3 Å². The van der Waals surface area contributed by atoms with Crippen molar-refractivity contribution in [2.45, 2.75) is 31.6 Å². The molecule has 0 aliphatic carbocycles. The number of benzene rings is 1. The highest BCUT2D eigenvalue weighted by molar-refractivity contribution is 7.98. The summed E-state index contributed by atoms with van der Waals surface area (Å²) in [6, 6.07) is 7.75. The van der Waals surface area contributed by atoms with Gasteiger partial charge >= 0.3 is 0 Å². The predicted molar refractivity (Wildman–Crippen MR) is 87.0 cm³/mol. The molecule has 0 radical (unpaired) electrons. The van der Waals surface area contributed by atoms with Crippen LogP contribution >= 0.6 is 11.8 Å². The molecule has 0 atom stereocenters. The Morgan fingerprint density at radius 3 is 2.71 bits per heavy atom. The molecule has 0 aliphatic heterocycles. The molecular weight excluding hydrogens is 282 g/mol. The number of anilines is 1. The van der Waals surface area contributed by atoms with Gasteiger partial charge in [0.25, 0.3) is 5.91 Å². The van der Waals surface area contributed by atoms with Crippen molar-refractivity contribution in [3.63, 3.8) is 0 Å². The standard InChI is InChI=1S/C16H19N3OS/c1-10(2)15-17-9-14(11(3)18-15)16(20)19-12-6-5-7-13(8-12)21-4/h5-10H,1-4H3,(H,19,20). The summed E-state index contributed by atoms with van der Waals surface area (Å²) in [6.45, 7) is 5.89. The van der Waals surface area contributed by atoms with E-state index in [-0.39, 0.29) is 11.8 Å². The number of nitrogens with zero attached hydrogens (tertiary/aromatic N) is 2. The molecule has 2 rings (SSSR count). The minimum absolute atomic E-state index is 0.180. The Hall–Kier alpha value is -1.88. The second kappa shape index (κ2) is 6.72. The van der Waals surface area contributed by atoms with Gasteiger partial charge in [-0.25, -0.2) is 9.97 Å². The summed E-state index contributed by atoms with van der Waals surface area (Å²) in [7, 11) is 0. The largest absolute Gasteiger partial charge is 0.322 e. The number of nitrogens with one attached hydrogen (secondary N) is 1. The number of aromatic nitrogens is 2. The minimum Gasteiger partial charge on any atom is -0.322 e. The van der Waals surface area contributed by atoms with E-state index in [2.05, 4.69) is 15.3 Å². The van der Waals surface area contributed by atoms with Crippen LogP contribution in [0.25, 0.3) is 0 Å². The summed E-state index contributed by atoms with van der Waals surface area (Å²) in [5, 5.41) is 2.89. The van der Waals surface area contributed by atoms with Crippen molar-refractivity contribution >= 4 is 23.4 Å². The molecular formula is C16H19N3OS. The zero-order chi connectivity index (χ0) is 15.4. The van der Waals surface area contributed by atoms with Crippen LogP contribution in [0.4, 0.5) is 5.69 Å². The predicted octanol–water partition coefficient (Wildman–Crippen LogP) is 3.88. The minimum atomic E-state index is -0.180. The zero-order valence-corrected chi connectivity index (χ0v) is 13.5. The number of hydrogen-bond acceptors (Lipinski definition) is 4. The Bertz CT molecular complexity index is 656. The SMILES string of the molecule is CSc1cccc(NC(=O)c2cnc(C(C)C)nc2C)c1. The molecule has 0 bridgehead atoms. The molecule has 2 aromatic rings. The normalized spacial score (nSPS) is 10.7. The molecule has 0 unspecified atom stereocenters. The van der Waals surface area contributed by atoms with Crippen molar-refractivity contribution in [1.82, 2.24) is 9.97 Å². The first kappa shape index (κ1) is 15.5. The third-order valence-electron chi connectivity index (χ3n) is 3.09. The molecule has 110 valence electrons. The Labute approximate surface area is 129 Å². The van der Waals surface area contributed by atoms with Crippen LogP contribution in [-0.2, 0) is 0 Å². The van der Waals surface area contributed by atoms with E-state index in [9.17, 15) is 4.79 Å². The monoisotopic (exact) mass is 301 g/mol. The Morgan fingerprint density at radius 2 is 2.10 bits per heavy atom. The molecule has 0 spiro atoms. The van der Waals surface area contributed by atoms with Gasteiger partial charge in [0.05, 0.1) is 11.3 Å². The highest BCUT2D eigenvalue weighted by Crippen LogP contribution is 2.20. The lowest BCUT2D eigenvalue weighted by molar-refractivity contribution is 0.102. The van der Waals surface area contributed by atoms with Crippen molar-refractivity contribution in [3.05, 3.63) is 47.5 Å². The summed E-state index contributed by atoms with van der Waals surface area (Å²) in [4.78, 5) is 22.1. The molecule has 1 aromatic carbocycles. The van der Waals surface area contributed by atoms with E-state index in [1.54, 1.807) is 18.0 Å². The smallest absolute Gasteiger partial charge is 0.259 e. The number of aryl methyl sites for hydroxylation is 1. The number of amides is 1. The third-order valence-corrected chi connectivity index (χ3v) is 3.81.